The zero-order valence-corrected chi connectivity index (χ0v) is 17.9. The minimum atomic E-state index is -0.289. The van der Waals surface area contributed by atoms with Crippen LogP contribution < -0.4 is 0 Å². The van der Waals surface area contributed by atoms with E-state index in [1.165, 1.54) is 24.6 Å². The highest BCUT2D eigenvalue weighted by molar-refractivity contribution is 8.00. The Hall–Kier alpha value is -2.15. The first kappa shape index (κ1) is 20.1. The van der Waals surface area contributed by atoms with E-state index in [4.69, 9.17) is 11.6 Å². The highest BCUT2D eigenvalue weighted by atomic mass is 35.5. The van der Waals surface area contributed by atoms with Gasteiger partial charge in [-0.1, -0.05) is 41.6 Å². The van der Waals surface area contributed by atoms with E-state index < -0.39 is 0 Å². The van der Waals surface area contributed by atoms with Crippen LogP contribution in [0, 0.1) is 0 Å². The molecule has 0 bridgehead atoms. The number of thioether (sulfide) groups is 1. The predicted molar refractivity (Wildman–Crippen MR) is 117 cm³/mol. The molecule has 29 heavy (non-hydrogen) atoms. The average Bonchev–Trinajstić information content (AvgIpc) is 3.39. The number of carbonyl (C=O) groups is 1. The molecule has 1 unspecified atom stereocenters. The standard InChI is InChI=1S/C22H23ClN4OS/c1-16(21(28)17-9-11-18(23)12-10-17)29-22-25-24-20(15-26-13-5-6-14-26)27(22)19-7-3-2-4-8-19/h2-4,7-12,16H,5-6,13-15H2,1H3. The molecule has 2 heterocycles. The Bertz CT molecular complexity index is 968. The van der Waals surface area contributed by atoms with Gasteiger partial charge in [0.2, 0.25) is 0 Å². The fraction of sp³-hybridized carbons (Fsp3) is 0.318. The topological polar surface area (TPSA) is 51.0 Å². The molecule has 3 aromatic rings. The SMILES string of the molecule is CC(Sc1nnc(CN2CCCC2)n1-c1ccccc1)C(=O)c1ccc(Cl)cc1. The molecular formula is C22H23ClN4OS. The van der Waals surface area contributed by atoms with Gasteiger partial charge in [-0.25, -0.2) is 0 Å². The van der Waals surface area contributed by atoms with Crippen molar-refractivity contribution in [2.75, 3.05) is 13.1 Å². The van der Waals surface area contributed by atoms with Gasteiger partial charge in [-0.2, -0.15) is 0 Å². The second-order valence-electron chi connectivity index (χ2n) is 7.18. The maximum Gasteiger partial charge on any atom is 0.196 e. The number of nitrogens with zero attached hydrogens (tertiary/aromatic N) is 4. The number of rotatable bonds is 7. The van der Waals surface area contributed by atoms with E-state index in [0.29, 0.717) is 10.6 Å². The molecule has 1 aromatic heterocycles. The lowest BCUT2D eigenvalue weighted by atomic mass is 10.1. The number of hydrogen-bond donors (Lipinski definition) is 0. The first-order valence-electron chi connectivity index (χ1n) is 9.80. The third-order valence-electron chi connectivity index (χ3n) is 5.06. The molecule has 0 spiro atoms. The second-order valence-corrected chi connectivity index (χ2v) is 8.93. The van der Waals surface area contributed by atoms with Crippen LogP contribution in [-0.2, 0) is 6.54 Å². The van der Waals surface area contributed by atoms with Crippen LogP contribution >= 0.6 is 23.4 Å². The predicted octanol–water partition coefficient (Wildman–Crippen LogP) is 4.88. The maximum absolute atomic E-state index is 12.9. The number of ketones is 1. The number of benzene rings is 2. The van der Waals surface area contributed by atoms with Crippen molar-refractivity contribution in [1.29, 1.82) is 0 Å². The van der Waals surface area contributed by atoms with Gasteiger partial charge in [-0.05, 0) is 69.3 Å². The lowest BCUT2D eigenvalue weighted by Crippen LogP contribution is -2.21. The van der Waals surface area contributed by atoms with Gasteiger partial charge in [-0.15, -0.1) is 10.2 Å². The Morgan fingerprint density at radius 3 is 2.45 bits per heavy atom. The normalized spacial score (nSPS) is 15.5. The molecule has 1 aliphatic rings. The van der Waals surface area contributed by atoms with Crippen LogP contribution in [0.4, 0.5) is 0 Å². The van der Waals surface area contributed by atoms with Gasteiger partial charge in [-0.3, -0.25) is 14.3 Å². The summed E-state index contributed by atoms with van der Waals surface area (Å²) in [5.74, 6) is 0.960. The van der Waals surface area contributed by atoms with Gasteiger partial charge in [0.05, 0.1) is 11.8 Å². The fourth-order valence-corrected chi connectivity index (χ4v) is 4.61. The second kappa shape index (κ2) is 9.11. The monoisotopic (exact) mass is 426 g/mol. The van der Waals surface area contributed by atoms with E-state index in [1.54, 1.807) is 24.3 Å². The molecule has 0 saturated carbocycles. The Morgan fingerprint density at radius 1 is 1.07 bits per heavy atom. The van der Waals surface area contributed by atoms with Crippen LogP contribution in [0.1, 0.15) is 35.9 Å². The molecule has 150 valence electrons. The van der Waals surface area contributed by atoms with Crippen LogP contribution in [0.2, 0.25) is 5.02 Å². The fourth-order valence-electron chi connectivity index (χ4n) is 3.52. The Balaban J connectivity index is 1.60. The molecule has 1 fully saturated rings. The summed E-state index contributed by atoms with van der Waals surface area (Å²) in [6.45, 7) is 4.86. The van der Waals surface area contributed by atoms with E-state index in [-0.39, 0.29) is 11.0 Å². The number of halogens is 1. The van der Waals surface area contributed by atoms with Gasteiger partial charge in [0.1, 0.15) is 0 Å². The Kier molecular flexibility index (Phi) is 6.33. The van der Waals surface area contributed by atoms with Crippen molar-refractivity contribution < 1.29 is 4.79 Å². The summed E-state index contributed by atoms with van der Waals surface area (Å²) in [6, 6.07) is 17.1. The summed E-state index contributed by atoms with van der Waals surface area (Å²) < 4.78 is 2.08. The molecule has 1 saturated heterocycles. The van der Waals surface area contributed by atoms with E-state index >= 15 is 0 Å². The number of Topliss-reactive ketones (excluding diaryl/α,β-unsaturated/α-hetero) is 1. The summed E-state index contributed by atoms with van der Waals surface area (Å²) in [4.78, 5) is 15.3. The van der Waals surface area contributed by atoms with Gasteiger partial charge in [0, 0.05) is 16.3 Å². The molecule has 2 aromatic carbocycles. The number of aromatic nitrogens is 3. The first-order valence-corrected chi connectivity index (χ1v) is 11.1. The number of para-hydroxylation sites is 1. The quantitative estimate of drug-likeness (QED) is 0.398. The van der Waals surface area contributed by atoms with Gasteiger partial charge < -0.3 is 0 Å². The number of likely N-dealkylation sites (tertiary alicyclic amines) is 1. The van der Waals surface area contributed by atoms with Crippen LogP contribution in [0.3, 0.4) is 0 Å². The molecule has 7 heteroatoms. The molecule has 0 amide bonds. The van der Waals surface area contributed by atoms with Gasteiger partial charge in [0.25, 0.3) is 0 Å². The third-order valence-corrected chi connectivity index (χ3v) is 6.35. The summed E-state index contributed by atoms with van der Waals surface area (Å²) >= 11 is 7.38. The Morgan fingerprint density at radius 2 is 1.76 bits per heavy atom. The molecule has 0 N–H and O–H groups in total. The van der Waals surface area contributed by atoms with Crippen molar-refractivity contribution in [3.05, 3.63) is 71.0 Å². The highest BCUT2D eigenvalue weighted by Gasteiger charge is 2.23. The molecule has 0 radical (unpaired) electrons. The van der Waals surface area contributed by atoms with Crippen molar-refractivity contribution >= 4 is 29.1 Å². The minimum Gasteiger partial charge on any atom is -0.296 e. The maximum atomic E-state index is 12.9. The van der Waals surface area contributed by atoms with Crippen LogP contribution in [0.5, 0.6) is 0 Å². The van der Waals surface area contributed by atoms with Gasteiger partial charge >= 0.3 is 0 Å². The van der Waals surface area contributed by atoms with Crippen molar-refractivity contribution in [3.63, 3.8) is 0 Å². The number of hydrogen-bond acceptors (Lipinski definition) is 5. The van der Waals surface area contributed by atoms with Crippen molar-refractivity contribution in [2.24, 2.45) is 0 Å². The zero-order valence-electron chi connectivity index (χ0n) is 16.3. The van der Waals surface area contributed by atoms with E-state index in [0.717, 1.165) is 36.3 Å². The van der Waals surface area contributed by atoms with Crippen LogP contribution in [-0.4, -0.2) is 43.8 Å². The molecular weight excluding hydrogens is 404 g/mol. The first-order chi connectivity index (χ1) is 14.1. The summed E-state index contributed by atoms with van der Waals surface area (Å²) in [6.07, 6.45) is 2.46. The third kappa shape index (κ3) is 4.71. The number of carbonyl (C=O) groups excluding carboxylic acids is 1. The largest absolute Gasteiger partial charge is 0.296 e. The van der Waals surface area contributed by atoms with Crippen LogP contribution in [0.25, 0.3) is 5.69 Å². The lowest BCUT2D eigenvalue weighted by Gasteiger charge is -2.16. The summed E-state index contributed by atoms with van der Waals surface area (Å²) in [7, 11) is 0. The highest BCUT2D eigenvalue weighted by Crippen LogP contribution is 2.28. The van der Waals surface area contributed by atoms with E-state index in [1.807, 2.05) is 37.3 Å². The molecule has 0 aliphatic carbocycles. The summed E-state index contributed by atoms with van der Waals surface area (Å²) in [5.41, 5.74) is 1.66. The Labute approximate surface area is 180 Å². The molecule has 1 aliphatic heterocycles. The van der Waals surface area contributed by atoms with E-state index in [2.05, 4.69) is 19.7 Å². The smallest absolute Gasteiger partial charge is 0.196 e. The minimum absolute atomic E-state index is 0.0513. The molecule has 1 atom stereocenters. The van der Waals surface area contributed by atoms with Crippen molar-refractivity contribution in [1.82, 2.24) is 19.7 Å². The molecule has 5 nitrogen and oxygen atoms in total. The van der Waals surface area contributed by atoms with E-state index in [9.17, 15) is 4.79 Å². The molecule has 4 rings (SSSR count). The van der Waals surface area contributed by atoms with Crippen molar-refractivity contribution in [3.8, 4) is 5.69 Å². The van der Waals surface area contributed by atoms with Crippen LogP contribution in [0.15, 0.2) is 59.8 Å². The summed E-state index contributed by atoms with van der Waals surface area (Å²) in [5, 5.41) is 9.98. The van der Waals surface area contributed by atoms with Crippen molar-refractivity contribution in [2.45, 2.75) is 36.7 Å². The average molecular weight is 427 g/mol. The van der Waals surface area contributed by atoms with Gasteiger partial charge in [0.15, 0.2) is 16.8 Å². The lowest BCUT2D eigenvalue weighted by molar-refractivity contribution is 0.0994. The zero-order chi connectivity index (χ0) is 20.2.